The van der Waals surface area contributed by atoms with E-state index in [9.17, 15) is 9.59 Å². The van der Waals surface area contributed by atoms with Crippen LogP contribution in [0.25, 0.3) is 0 Å². The zero-order chi connectivity index (χ0) is 18.1. The van der Waals surface area contributed by atoms with Crippen molar-refractivity contribution in [1.29, 1.82) is 0 Å². The summed E-state index contributed by atoms with van der Waals surface area (Å²) in [5, 5.41) is 0. The van der Waals surface area contributed by atoms with Gasteiger partial charge in [0.2, 0.25) is 11.8 Å². The number of aromatic nitrogens is 2. The summed E-state index contributed by atoms with van der Waals surface area (Å²) in [6.07, 6.45) is 9.24. The van der Waals surface area contributed by atoms with Gasteiger partial charge in [0.15, 0.2) is 0 Å². The van der Waals surface area contributed by atoms with Crippen LogP contribution in [0.2, 0.25) is 0 Å². The Morgan fingerprint density at radius 3 is 2.65 bits per heavy atom. The normalized spacial score (nSPS) is 23.8. The molecule has 3 aliphatic rings. The maximum Gasteiger partial charge on any atom is 0.225 e. The van der Waals surface area contributed by atoms with Crippen LogP contribution in [0.4, 0.5) is 0 Å². The third-order valence-corrected chi connectivity index (χ3v) is 6.20. The van der Waals surface area contributed by atoms with Gasteiger partial charge in [-0.1, -0.05) is 12.8 Å². The van der Waals surface area contributed by atoms with Crippen LogP contribution in [-0.4, -0.2) is 51.2 Å². The van der Waals surface area contributed by atoms with E-state index in [4.69, 9.17) is 4.98 Å². The number of amides is 2. The highest BCUT2D eigenvalue weighted by Gasteiger charge is 2.31. The Labute approximate surface area is 155 Å². The van der Waals surface area contributed by atoms with Crippen LogP contribution in [0, 0.1) is 5.92 Å². The third kappa shape index (κ3) is 3.46. The van der Waals surface area contributed by atoms with E-state index in [0.29, 0.717) is 12.5 Å². The number of rotatable bonds is 2. The molecular formula is C20H28N4O2. The number of hydrogen-bond donors (Lipinski definition) is 0. The Morgan fingerprint density at radius 1 is 1.08 bits per heavy atom. The molecule has 6 heteroatoms. The first-order valence-corrected chi connectivity index (χ1v) is 10.0. The molecule has 0 radical (unpaired) electrons. The van der Waals surface area contributed by atoms with Gasteiger partial charge < -0.3 is 9.80 Å². The third-order valence-electron chi connectivity index (χ3n) is 6.20. The molecule has 0 spiro atoms. The minimum atomic E-state index is 0.133. The van der Waals surface area contributed by atoms with Gasteiger partial charge in [-0.3, -0.25) is 9.59 Å². The van der Waals surface area contributed by atoms with Crippen molar-refractivity contribution in [2.45, 2.75) is 64.3 Å². The van der Waals surface area contributed by atoms with E-state index in [0.717, 1.165) is 68.8 Å². The summed E-state index contributed by atoms with van der Waals surface area (Å²) < 4.78 is 0. The number of likely N-dealkylation sites (tertiary alicyclic amines) is 1. The highest BCUT2D eigenvalue weighted by molar-refractivity contribution is 5.79. The second-order valence-corrected chi connectivity index (χ2v) is 8.00. The maximum absolute atomic E-state index is 12.7. The Morgan fingerprint density at radius 2 is 1.88 bits per heavy atom. The summed E-state index contributed by atoms with van der Waals surface area (Å²) in [5.74, 6) is 1.79. The largest absolute Gasteiger partial charge is 0.342 e. The summed E-state index contributed by atoms with van der Waals surface area (Å²) in [5.41, 5.74) is 2.18. The monoisotopic (exact) mass is 356 g/mol. The summed E-state index contributed by atoms with van der Waals surface area (Å²) in [4.78, 5) is 37.7. The molecule has 0 bridgehead atoms. The van der Waals surface area contributed by atoms with Gasteiger partial charge in [-0.15, -0.1) is 0 Å². The first-order valence-electron chi connectivity index (χ1n) is 10.0. The van der Waals surface area contributed by atoms with Crippen molar-refractivity contribution in [3.8, 4) is 0 Å². The van der Waals surface area contributed by atoms with Crippen LogP contribution in [-0.2, 0) is 22.6 Å². The lowest BCUT2D eigenvalue weighted by Crippen LogP contribution is -2.40. The zero-order valence-electron chi connectivity index (χ0n) is 15.6. The number of nitrogens with zero attached hydrogens (tertiary/aromatic N) is 4. The van der Waals surface area contributed by atoms with Crippen LogP contribution >= 0.6 is 0 Å². The molecule has 0 N–H and O–H groups in total. The summed E-state index contributed by atoms with van der Waals surface area (Å²) in [6.45, 7) is 4.61. The van der Waals surface area contributed by atoms with Gasteiger partial charge in [0, 0.05) is 63.1 Å². The number of fused-ring (bicyclic) bond motifs is 1. The summed E-state index contributed by atoms with van der Waals surface area (Å²) >= 11 is 0. The summed E-state index contributed by atoms with van der Waals surface area (Å²) in [6, 6.07) is 0. The van der Waals surface area contributed by atoms with Gasteiger partial charge >= 0.3 is 0 Å². The van der Waals surface area contributed by atoms with Gasteiger partial charge in [-0.05, 0) is 25.7 Å². The van der Waals surface area contributed by atoms with Crippen molar-refractivity contribution >= 4 is 11.8 Å². The van der Waals surface area contributed by atoms with Crippen molar-refractivity contribution in [1.82, 2.24) is 19.8 Å². The lowest BCUT2D eigenvalue weighted by atomic mass is 9.96. The minimum absolute atomic E-state index is 0.133. The van der Waals surface area contributed by atoms with Crippen molar-refractivity contribution < 1.29 is 9.59 Å². The van der Waals surface area contributed by atoms with Gasteiger partial charge in [-0.25, -0.2) is 9.97 Å². The predicted molar refractivity (Wildman–Crippen MR) is 97.3 cm³/mol. The lowest BCUT2D eigenvalue weighted by Gasteiger charge is -2.33. The first-order chi connectivity index (χ1) is 12.6. The van der Waals surface area contributed by atoms with Crippen LogP contribution in [0.1, 0.15) is 68.4 Å². The topological polar surface area (TPSA) is 66.4 Å². The molecule has 0 aromatic carbocycles. The van der Waals surface area contributed by atoms with Gasteiger partial charge in [-0.2, -0.15) is 0 Å². The average Bonchev–Trinajstić information content (AvgIpc) is 3.21. The number of hydrogen-bond acceptors (Lipinski definition) is 4. The zero-order valence-corrected chi connectivity index (χ0v) is 15.6. The number of carbonyl (C=O) groups excluding carboxylic acids is 2. The molecule has 3 heterocycles. The van der Waals surface area contributed by atoms with E-state index in [-0.39, 0.29) is 17.7 Å². The molecular weight excluding hydrogens is 328 g/mol. The molecule has 1 atom stereocenters. The lowest BCUT2D eigenvalue weighted by molar-refractivity contribution is -0.136. The fourth-order valence-electron chi connectivity index (χ4n) is 4.62. The van der Waals surface area contributed by atoms with E-state index >= 15 is 0 Å². The fraction of sp³-hybridized carbons (Fsp3) is 0.700. The SMILES string of the molecule is CC(=O)N1CCCC(c2ncc3c(n2)CCN(C(=O)C2CCCC2)C3)C1. The molecule has 1 aromatic rings. The Kier molecular flexibility index (Phi) is 4.92. The Bertz CT molecular complexity index is 699. The molecule has 2 fully saturated rings. The minimum Gasteiger partial charge on any atom is -0.342 e. The fourth-order valence-corrected chi connectivity index (χ4v) is 4.62. The van der Waals surface area contributed by atoms with E-state index in [1.54, 1.807) is 6.92 Å². The Hall–Kier alpha value is -1.98. The molecule has 2 aliphatic heterocycles. The smallest absolute Gasteiger partial charge is 0.225 e. The molecule has 1 saturated carbocycles. The highest BCUT2D eigenvalue weighted by atomic mass is 16.2. The van der Waals surface area contributed by atoms with E-state index < -0.39 is 0 Å². The predicted octanol–water partition coefficient (Wildman–Crippen LogP) is 2.28. The van der Waals surface area contributed by atoms with Crippen LogP contribution in [0.3, 0.4) is 0 Å². The molecule has 6 nitrogen and oxygen atoms in total. The second kappa shape index (κ2) is 7.33. The number of carbonyl (C=O) groups is 2. The Balaban J connectivity index is 1.45. The number of piperidine rings is 1. The van der Waals surface area contributed by atoms with Crippen LogP contribution < -0.4 is 0 Å². The van der Waals surface area contributed by atoms with E-state index in [1.807, 2.05) is 16.0 Å². The molecule has 4 rings (SSSR count). The van der Waals surface area contributed by atoms with E-state index in [1.165, 1.54) is 12.8 Å². The van der Waals surface area contributed by atoms with Crippen LogP contribution in [0.5, 0.6) is 0 Å². The van der Waals surface area contributed by atoms with Crippen molar-refractivity contribution in [2.75, 3.05) is 19.6 Å². The van der Waals surface area contributed by atoms with Gasteiger partial charge in [0.1, 0.15) is 5.82 Å². The maximum atomic E-state index is 12.7. The molecule has 2 amide bonds. The molecule has 1 saturated heterocycles. The first kappa shape index (κ1) is 17.4. The quantitative estimate of drug-likeness (QED) is 0.815. The van der Waals surface area contributed by atoms with Gasteiger partial charge in [0.25, 0.3) is 0 Å². The summed E-state index contributed by atoms with van der Waals surface area (Å²) in [7, 11) is 0. The molecule has 140 valence electrons. The average molecular weight is 356 g/mol. The molecule has 1 aliphatic carbocycles. The standard InChI is InChI=1S/C20H28N4O2/c1-14(25)23-9-4-7-16(12-23)19-21-11-17-13-24(10-8-18(17)22-19)20(26)15-5-2-3-6-15/h11,15-16H,2-10,12-13H2,1H3. The van der Waals surface area contributed by atoms with E-state index in [2.05, 4.69) is 4.98 Å². The van der Waals surface area contributed by atoms with Crippen molar-refractivity contribution in [3.63, 3.8) is 0 Å². The van der Waals surface area contributed by atoms with Crippen LogP contribution in [0.15, 0.2) is 6.20 Å². The molecule has 1 aromatic heterocycles. The molecule has 26 heavy (non-hydrogen) atoms. The van der Waals surface area contributed by atoms with Crippen molar-refractivity contribution in [3.05, 3.63) is 23.3 Å². The highest BCUT2D eigenvalue weighted by Crippen LogP contribution is 2.30. The van der Waals surface area contributed by atoms with Crippen molar-refractivity contribution in [2.24, 2.45) is 5.92 Å². The van der Waals surface area contributed by atoms with Gasteiger partial charge in [0.05, 0.1) is 5.69 Å². The second-order valence-electron chi connectivity index (χ2n) is 8.00. The molecule has 1 unspecified atom stereocenters.